The van der Waals surface area contributed by atoms with Crippen LogP contribution in [0.4, 0.5) is 0 Å². The summed E-state index contributed by atoms with van der Waals surface area (Å²) in [5.41, 5.74) is 10.2. The van der Waals surface area contributed by atoms with Crippen molar-refractivity contribution in [2.45, 2.75) is 18.9 Å². The van der Waals surface area contributed by atoms with Crippen molar-refractivity contribution in [3.63, 3.8) is 0 Å². The molecule has 0 aliphatic rings. The van der Waals surface area contributed by atoms with Gasteiger partial charge in [-0.3, -0.25) is 4.99 Å². The minimum atomic E-state index is -1.10. The normalized spacial score (nSPS) is 11.2. The standard InChI is InChI=1S/C7H16N4O2.H3N/c1-10-5(6(12)13)3-2-4-11-7(8)9;/h5,10H,2-4H2,1H3,(H,12,13)(H4,8,9,11);1H3/t5-;/m0./s1. The second-order valence-electron chi connectivity index (χ2n) is 2.61. The van der Waals surface area contributed by atoms with Gasteiger partial charge in [0.1, 0.15) is 0 Å². The van der Waals surface area contributed by atoms with Crippen molar-refractivity contribution in [2.24, 2.45) is 16.5 Å². The number of carboxylic acid groups (broad SMARTS) is 1. The Balaban J connectivity index is 0. The Hall–Kier alpha value is -1.34. The average Bonchev–Trinajstić information content (AvgIpc) is 2.03. The lowest BCUT2D eigenvalue weighted by molar-refractivity contribution is -0.308. The Bertz CT molecular complexity index is 191. The number of nitrogens with one attached hydrogen (secondary N) is 1. The van der Waals surface area contributed by atoms with Crippen LogP contribution in [-0.4, -0.2) is 31.6 Å². The van der Waals surface area contributed by atoms with Gasteiger partial charge in [0.05, 0.1) is 5.97 Å². The molecule has 0 spiro atoms. The van der Waals surface area contributed by atoms with Gasteiger partial charge < -0.3 is 32.8 Å². The van der Waals surface area contributed by atoms with Crippen LogP contribution >= 0.6 is 0 Å². The van der Waals surface area contributed by atoms with Crippen LogP contribution in [0.1, 0.15) is 12.8 Å². The molecule has 0 aromatic heterocycles. The zero-order valence-corrected chi connectivity index (χ0v) is 8.62. The molecule has 0 aromatic rings. The second kappa shape index (κ2) is 8.27. The van der Waals surface area contributed by atoms with E-state index in [2.05, 4.69) is 10.3 Å². The molecule has 7 heteroatoms. The monoisotopic (exact) mass is 205 g/mol. The van der Waals surface area contributed by atoms with Crippen molar-refractivity contribution in [1.29, 1.82) is 0 Å². The van der Waals surface area contributed by atoms with Crippen molar-refractivity contribution in [3.8, 4) is 0 Å². The molecule has 0 aliphatic carbocycles. The van der Waals surface area contributed by atoms with Gasteiger partial charge in [-0.1, -0.05) is 0 Å². The molecule has 84 valence electrons. The minimum absolute atomic E-state index is 0. The molecule has 0 aliphatic heterocycles. The number of carbonyl (C=O) groups is 1. The van der Waals surface area contributed by atoms with E-state index in [0.29, 0.717) is 19.4 Å². The number of hydrogen-bond acceptors (Lipinski definition) is 4. The lowest BCUT2D eigenvalue weighted by Crippen LogP contribution is -2.43. The van der Waals surface area contributed by atoms with Crippen molar-refractivity contribution in [1.82, 2.24) is 11.5 Å². The van der Waals surface area contributed by atoms with Gasteiger partial charge in [0.15, 0.2) is 5.96 Å². The molecular weight excluding hydrogens is 186 g/mol. The number of hydrogen-bond donors (Lipinski definition) is 4. The van der Waals surface area contributed by atoms with Crippen molar-refractivity contribution < 1.29 is 9.90 Å². The maximum Gasteiger partial charge on any atom is 0.185 e. The van der Waals surface area contributed by atoms with Gasteiger partial charge in [0.2, 0.25) is 0 Å². The maximum absolute atomic E-state index is 10.4. The van der Waals surface area contributed by atoms with Crippen LogP contribution in [0.25, 0.3) is 0 Å². The van der Waals surface area contributed by atoms with Gasteiger partial charge in [-0.05, 0) is 19.9 Å². The third-order valence-electron chi connectivity index (χ3n) is 1.58. The molecule has 0 bridgehead atoms. The molecule has 0 heterocycles. The molecule has 0 rings (SSSR count). The van der Waals surface area contributed by atoms with Crippen LogP contribution in [0.15, 0.2) is 4.99 Å². The predicted octanol–water partition coefficient (Wildman–Crippen LogP) is -2.25. The molecule has 0 fully saturated rings. The van der Waals surface area contributed by atoms with Crippen molar-refractivity contribution in [3.05, 3.63) is 0 Å². The zero-order chi connectivity index (χ0) is 10.3. The van der Waals surface area contributed by atoms with Gasteiger partial charge in [0.25, 0.3) is 0 Å². The van der Waals surface area contributed by atoms with Crippen LogP contribution in [0, 0.1) is 0 Å². The fourth-order valence-electron chi connectivity index (χ4n) is 0.884. The average molecular weight is 205 g/mol. The number of aliphatic imine (C=N–C) groups is 1. The molecule has 0 amide bonds. The number of aliphatic carboxylic acids is 1. The second-order valence-corrected chi connectivity index (χ2v) is 2.61. The first-order chi connectivity index (χ1) is 6.07. The van der Waals surface area contributed by atoms with Gasteiger partial charge in [0, 0.05) is 12.6 Å². The van der Waals surface area contributed by atoms with Crippen molar-refractivity contribution >= 4 is 11.9 Å². The molecule has 0 saturated carbocycles. The first-order valence-corrected chi connectivity index (χ1v) is 4.01. The number of quaternary nitrogens is 1. The summed E-state index contributed by atoms with van der Waals surface area (Å²) in [6.45, 7) is 0.438. The van der Waals surface area contributed by atoms with Crippen LogP contribution in [0.2, 0.25) is 0 Å². The van der Waals surface area contributed by atoms with Crippen LogP contribution in [0.3, 0.4) is 0 Å². The topological polar surface area (TPSA) is 153 Å². The number of nitrogens with zero attached hydrogens (tertiary/aromatic N) is 1. The molecule has 14 heavy (non-hydrogen) atoms. The van der Waals surface area contributed by atoms with E-state index in [0.717, 1.165) is 0 Å². The zero-order valence-electron chi connectivity index (χ0n) is 8.62. The molecule has 1 atom stereocenters. The van der Waals surface area contributed by atoms with Crippen LogP contribution in [-0.2, 0) is 4.79 Å². The number of rotatable bonds is 6. The third-order valence-corrected chi connectivity index (χ3v) is 1.58. The summed E-state index contributed by atoms with van der Waals surface area (Å²) in [4.78, 5) is 14.1. The van der Waals surface area contributed by atoms with Gasteiger partial charge in [-0.25, -0.2) is 0 Å². The lowest BCUT2D eigenvalue weighted by atomic mass is 10.1. The molecule has 0 saturated heterocycles. The highest BCUT2D eigenvalue weighted by molar-refractivity contribution is 5.75. The number of carbonyl (C=O) groups excluding carboxylic acids is 1. The van der Waals surface area contributed by atoms with Crippen LogP contribution < -0.4 is 28.0 Å². The SMILES string of the molecule is CN[C@@H](CCCN=C(N)N)C(=O)[O-].[NH4+]. The Kier molecular flexibility index (Phi) is 8.94. The van der Waals surface area contributed by atoms with E-state index in [1.165, 1.54) is 0 Å². The van der Waals surface area contributed by atoms with Gasteiger partial charge in [-0.2, -0.15) is 0 Å². The minimum Gasteiger partial charge on any atom is -0.548 e. The summed E-state index contributed by atoms with van der Waals surface area (Å²) in [5, 5.41) is 13.0. The first-order valence-electron chi connectivity index (χ1n) is 4.01. The fraction of sp³-hybridized carbons (Fsp3) is 0.714. The summed E-state index contributed by atoms with van der Waals surface area (Å²) in [7, 11) is 1.57. The number of guanidine groups is 1. The highest BCUT2D eigenvalue weighted by Gasteiger charge is 2.05. The van der Waals surface area contributed by atoms with E-state index < -0.39 is 12.0 Å². The Morgan fingerprint density at radius 1 is 1.57 bits per heavy atom. The fourth-order valence-corrected chi connectivity index (χ4v) is 0.884. The summed E-state index contributed by atoms with van der Waals surface area (Å²) in [6, 6.07) is -0.630. The van der Waals surface area contributed by atoms with Gasteiger partial charge >= 0.3 is 0 Å². The number of likely N-dealkylation sites (N-methyl/N-ethyl adjacent to an activating group) is 1. The Morgan fingerprint density at radius 2 is 2.14 bits per heavy atom. The molecule has 0 radical (unpaired) electrons. The maximum atomic E-state index is 10.4. The molecule has 0 unspecified atom stereocenters. The molecular formula is C7H19N5O2. The smallest absolute Gasteiger partial charge is 0.185 e. The van der Waals surface area contributed by atoms with Crippen LogP contribution in [0.5, 0.6) is 0 Å². The molecule has 9 N–H and O–H groups in total. The number of carboxylic acids is 1. The largest absolute Gasteiger partial charge is 0.548 e. The van der Waals surface area contributed by atoms with E-state index in [4.69, 9.17) is 11.5 Å². The summed E-state index contributed by atoms with van der Waals surface area (Å²) >= 11 is 0. The quantitative estimate of drug-likeness (QED) is 0.219. The molecule has 7 nitrogen and oxygen atoms in total. The lowest BCUT2D eigenvalue weighted by Gasteiger charge is -2.15. The van der Waals surface area contributed by atoms with E-state index >= 15 is 0 Å². The molecule has 0 aromatic carbocycles. The summed E-state index contributed by atoms with van der Waals surface area (Å²) < 4.78 is 0. The Labute approximate surface area is 83.1 Å². The third kappa shape index (κ3) is 7.32. The van der Waals surface area contributed by atoms with Crippen molar-refractivity contribution in [2.75, 3.05) is 13.6 Å². The highest BCUT2D eigenvalue weighted by atomic mass is 16.4. The Morgan fingerprint density at radius 3 is 2.50 bits per heavy atom. The first kappa shape index (κ1) is 15.1. The van der Waals surface area contributed by atoms with E-state index in [1.807, 2.05) is 0 Å². The van der Waals surface area contributed by atoms with E-state index in [9.17, 15) is 9.90 Å². The number of nitrogens with two attached hydrogens (primary N) is 2. The summed E-state index contributed by atoms with van der Waals surface area (Å²) in [5.74, 6) is -1.08. The summed E-state index contributed by atoms with van der Waals surface area (Å²) in [6.07, 6.45) is 1.06. The van der Waals surface area contributed by atoms with E-state index in [1.54, 1.807) is 7.05 Å². The predicted molar refractivity (Wildman–Crippen MR) is 53.8 cm³/mol. The van der Waals surface area contributed by atoms with E-state index in [-0.39, 0.29) is 12.1 Å². The van der Waals surface area contributed by atoms with Gasteiger partial charge in [-0.15, -0.1) is 0 Å². The highest BCUT2D eigenvalue weighted by Crippen LogP contribution is 1.95.